The first kappa shape index (κ1) is 8.48. The number of hydrogen-bond acceptors (Lipinski definition) is 3. The van der Waals surface area contributed by atoms with Crippen LogP contribution in [0.3, 0.4) is 0 Å². The number of hydrogen-bond donors (Lipinski definition) is 1. The molecule has 0 aromatic rings. The van der Waals surface area contributed by atoms with Gasteiger partial charge in [0.15, 0.2) is 0 Å². The Labute approximate surface area is 73.2 Å². The molecule has 0 saturated carbocycles. The lowest BCUT2D eigenvalue weighted by atomic mass is 10.1. The van der Waals surface area contributed by atoms with E-state index in [0.717, 1.165) is 19.4 Å². The SMILES string of the molecule is NCC1CCC(C2CCCO2)O1. The van der Waals surface area contributed by atoms with Gasteiger partial charge in [-0.1, -0.05) is 0 Å². The topological polar surface area (TPSA) is 44.5 Å². The van der Waals surface area contributed by atoms with Crippen molar-refractivity contribution >= 4 is 0 Å². The lowest BCUT2D eigenvalue weighted by Gasteiger charge is -2.18. The molecule has 2 rings (SSSR count). The Morgan fingerprint density at radius 3 is 2.67 bits per heavy atom. The normalized spacial score (nSPS) is 42.2. The molecule has 0 bridgehead atoms. The van der Waals surface area contributed by atoms with E-state index in [4.69, 9.17) is 15.2 Å². The summed E-state index contributed by atoms with van der Waals surface area (Å²) in [5.41, 5.74) is 5.53. The monoisotopic (exact) mass is 171 g/mol. The predicted octanol–water partition coefficient (Wildman–Crippen LogP) is 0.672. The third-order valence-corrected chi connectivity index (χ3v) is 2.78. The summed E-state index contributed by atoms with van der Waals surface area (Å²) in [5, 5.41) is 0. The molecule has 3 unspecified atom stereocenters. The Balaban J connectivity index is 1.81. The Morgan fingerprint density at radius 1 is 1.17 bits per heavy atom. The van der Waals surface area contributed by atoms with E-state index in [9.17, 15) is 0 Å². The van der Waals surface area contributed by atoms with Crippen molar-refractivity contribution in [3.05, 3.63) is 0 Å². The Kier molecular flexibility index (Phi) is 2.63. The number of nitrogens with two attached hydrogens (primary N) is 1. The molecule has 3 atom stereocenters. The number of ether oxygens (including phenoxy) is 2. The van der Waals surface area contributed by atoms with Gasteiger partial charge in [0.05, 0.1) is 18.3 Å². The zero-order valence-corrected chi connectivity index (χ0v) is 7.37. The quantitative estimate of drug-likeness (QED) is 0.664. The van der Waals surface area contributed by atoms with Crippen LogP contribution in [0.2, 0.25) is 0 Å². The molecule has 2 aliphatic heterocycles. The Morgan fingerprint density at radius 2 is 2.08 bits per heavy atom. The molecular formula is C9H17NO2. The Hall–Kier alpha value is -0.120. The van der Waals surface area contributed by atoms with E-state index in [2.05, 4.69) is 0 Å². The van der Waals surface area contributed by atoms with E-state index in [1.54, 1.807) is 0 Å². The van der Waals surface area contributed by atoms with Gasteiger partial charge in [-0.2, -0.15) is 0 Å². The van der Waals surface area contributed by atoms with Crippen molar-refractivity contribution < 1.29 is 9.47 Å². The van der Waals surface area contributed by atoms with Gasteiger partial charge in [0.25, 0.3) is 0 Å². The zero-order chi connectivity index (χ0) is 8.39. The van der Waals surface area contributed by atoms with Crippen LogP contribution in [0.1, 0.15) is 25.7 Å². The summed E-state index contributed by atoms with van der Waals surface area (Å²) in [4.78, 5) is 0. The summed E-state index contributed by atoms with van der Waals surface area (Å²) in [5.74, 6) is 0. The fourth-order valence-electron chi connectivity index (χ4n) is 2.08. The van der Waals surface area contributed by atoms with Gasteiger partial charge < -0.3 is 15.2 Å². The van der Waals surface area contributed by atoms with Crippen molar-refractivity contribution in [1.29, 1.82) is 0 Å². The van der Waals surface area contributed by atoms with Gasteiger partial charge in [0.1, 0.15) is 0 Å². The van der Waals surface area contributed by atoms with Gasteiger partial charge in [-0.15, -0.1) is 0 Å². The van der Waals surface area contributed by atoms with Gasteiger partial charge in [-0.05, 0) is 25.7 Å². The minimum absolute atomic E-state index is 0.291. The second-order valence-corrected chi connectivity index (χ2v) is 3.66. The van der Waals surface area contributed by atoms with Crippen LogP contribution in [0.5, 0.6) is 0 Å². The molecule has 2 saturated heterocycles. The predicted molar refractivity (Wildman–Crippen MR) is 45.9 cm³/mol. The highest BCUT2D eigenvalue weighted by atomic mass is 16.6. The maximum Gasteiger partial charge on any atom is 0.0842 e. The van der Waals surface area contributed by atoms with Crippen LogP contribution in [0.25, 0.3) is 0 Å². The van der Waals surface area contributed by atoms with Crippen LogP contribution < -0.4 is 5.73 Å². The van der Waals surface area contributed by atoms with Gasteiger partial charge in [-0.25, -0.2) is 0 Å². The van der Waals surface area contributed by atoms with Crippen LogP contribution in [-0.4, -0.2) is 31.5 Å². The molecule has 0 spiro atoms. The van der Waals surface area contributed by atoms with E-state index < -0.39 is 0 Å². The smallest absolute Gasteiger partial charge is 0.0842 e. The summed E-state index contributed by atoms with van der Waals surface area (Å²) in [6.45, 7) is 1.57. The fraction of sp³-hybridized carbons (Fsp3) is 1.00. The largest absolute Gasteiger partial charge is 0.376 e. The van der Waals surface area contributed by atoms with Crippen LogP contribution in [0.4, 0.5) is 0 Å². The van der Waals surface area contributed by atoms with Crippen LogP contribution in [0, 0.1) is 0 Å². The van der Waals surface area contributed by atoms with E-state index in [1.165, 1.54) is 12.8 Å². The lowest BCUT2D eigenvalue weighted by Crippen LogP contribution is -2.28. The Bertz CT molecular complexity index is 145. The second kappa shape index (κ2) is 3.73. The summed E-state index contributed by atoms with van der Waals surface area (Å²) in [7, 11) is 0. The first-order chi connectivity index (χ1) is 5.90. The van der Waals surface area contributed by atoms with Crippen molar-refractivity contribution in [3.63, 3.8) is 0 Å². The molecule has 12 heavy (non-hydrogen) atoms. The van der Waals surface area contributed by atoms with Crippen molar-refractivity contribution in [2.75, 3.05) is 13.2 Å². The summed E-state index contributed by atoms with van der Waals surface area (Å²) in [6, 6.07) is 0. The maximum atomic E-state index is 5.74. The van der Waals surface area contributed by atoms with Gasteiger partial charge >= 0.3 is 0 Å². The second-order valence-electron chi connectivity index (χ2n) is 3.66. The highest BCUT2D eigenvalue weighted by Crippen LogP contribution is 2.28. The van der Waals surface area contributed by atoms with Crippen molar-refractivity contribution in [3.8, 4) is 0 Å². The fourth-order valence-corrected chi connectivity index (χ4v) is 2.08. The first-order valence-electron chi connectivity index (χ1n) is 4.87. The van der Waals surface area contributed by atoms with Crippen molar-refractivity contribution in [2.24, 2.45) is 5.73 Å². The molecule has 2 fully saturated rings. The maximum absolute atomic E-state index is 5.74. The molecule has 0 aliphatic carbocycles. The summed E-state index contributed by atoms with van der Waals surface area (Å²) >= 11 is 0. The van der Waals surface area contributed by atoms with Crippen LogP contribution >= 0.6 is 0 Å². The molecular weight excluding hydrogens is 154 g/mol. The third-order valence-electron chi connectivity index (χ3n) is 2.78. The van der Waals surface area contributed by atoms with E-state index in [0.29, 0.717) is 24.9 Å². The lowest BCUT2D eigenvalue weighted by molar-refractivity contribution is -0.0420. The van der Waals surface area contributed by atoms with E-state index in [-0.39, 0.29) is 0 Å². The molecule has 2 N–H and O–H groups in total. The van der Waals surface area contributed by atoms with Crippen molar-refractivity contribution in [2.45, 2.75) is 44.0 Å². The molecule has 0 aromatic carbocycles. The molecule has 2 aliphatic rings. The average Bonchev–Trinajstić information content (AvgIpc) is 2.75. The molecule has 3 nitrogen and oxygen atoms in total. The molecule has 2 heterocycles. The highest BCUT2D eigenvalue weighted by molar-refractivity contribution is 4.82. The summed E-state index contributed by atoms with van der Waals surface area (Å²) < 4.78 is 11.3. The highest BCUT2D eigenvalue weighted by Gasteiger charge is 2.33. The molecule has 0 aromatic heterocycles. The molecule has 3 heteroatoms. The zero-order valence-electron chi connectivity index (χ0n) is 7.37. The van der Waals surface area contributed by atoms with E-state index in [1.807, 2.05) is 0 Å². The van der Waals surface area contributed by atoms with Gasteiger partial charge in [0, 0.05) is 13.2 Å². The van der Waals surface area contributed by atoms with Crippen LogP contribution in [-0.2, 0) is 9.47 Å². The standard InChI is InChI=1S/C9H17NO2/c10-6-7-3-4-9(12-7)8-2-1-5-11-8/h7-9H,1-6,10H2. The van der Waals surface area contributed by atoms with E-state index >= 15 is 0 Å². The van der Waals surface area contributed by atoms with Gasteiger partial charge in [-0.3, -0.25) is 0 Å². The van der Waals surface area contributed by atoms with Gasteiger partial charge in [0.2, 0.25) is 0 Å². The minimum Gasteiger partial charge on any atom is -0.376 e. The summed E-state index contributed by atoms with van der Waals surface area (Å²) in [6.07, 6.45) is 5.59. The number of rotatable bonds is 2. The minimum atomic E-state index is 0.291. The first-order valence-corrected chi connectivity index (χ1v) is 4.87. The van der Waals surface area contributed by atoms with Crippen molar-refractivity contribution in [1.82, 2.24) is 0 Å². The molecule has 70 valence electrons. The molecule has 0 amide bonds. The average molecular weight is 171 g/mol. The third kappa shape index (κ3) is 1.63. The van der Waals surface area contributed by atoms with Crippen LogP contribution in [0.15, 0.2) is 0 Å². The molecule has 0 radical (unpaired) electrons.